The van der Waals surface area contributed by atoms with Crippen LogP contribution in [0.15, 0.2) is 47.6 Å². The molecule has 64 valence electrons. The lowest BCUT2D eigenvalue weighted by Crippen LogP contribution is -1.84. The highest BCUT2D eigenvalue weighted by Gasteiger charge is 2.00. The largest absolute Gasteiger partial charge is 0.236 e. The molecule has 0 N–H and O–H groups in total. The van der Waals surface area contributed by atoms with Gasteiger partial charge in [-0.05, 0) is 11.5 Å². The van der Waals surface area contributed by atoms with Crippen LogP contribution < -0.4 is 0 Å². The van der Waals surface area contributed by atoms with E-state index < -0.39 is 0 Å². The third kappa shape index (κ3) is 1.55. The highest BCUT2D eigenvalue weighted by Crippen LogP contribution is 2.23. The third-order valence-electron chi connectivity index (χ3n) is 1.70. The van der Waals surface area contributed by atoms with Crippen LogP contribution in [0.5, 0.6) is 0 Å². The second kappa shape index (κ2) is 3.58. The molecule has 13 heavy (non-hydrogen) atoms. The number of nitrogens with zero attached hydrogens (tertiary/aromatic N) is 2. The van der Waals surface area contributed by atoms with Crippen LogP contribution in [0.2, 0.25) is 0 Å². The standard InChI is InChI=1S/C10H8N2S/c1-2-13-10-8-5-3-4-6-9(8)11-7-12-10/h2-7H,1H2. The van der Waals surface area contributed by atoms with Crippen LogP contribution >= 0.6 is 11.8 Å². The number of aromatic nitrogens is 2. The molecule has 0 amide bonds. The zero-order valence-corrected chi connectivity index (χ0v) is 7.79. The lowest BCUT2D eigenvalue weighted by molar-refractivity contribution is 1.10. The second-order valence-electron chi connectivity index (χ2n) is 2.48. The highest BCUT2D eigenvalue weighted by molar-refractivity contribution is 8.02. The van der Waals surface area contributed by atoms with Gasteiger partial charge in [-0.1, -0.05) is 36.5 Å². The molecule has 0 unspecified atom stereocenters. The molecule has 0 aliphatic rings. The van der Waals surface area contributed by atoms with Crippen LogP contribution in [0, 0.1) is 0 Å². The van der Waals surface area contributed by atoms with E-state index >= 15 is 0 Å². The Balaban J connectivity index is 2.68. The Morgan fingerprint density at radius 3 is 2.92 bits per heavy atom. The lowest BCUT2D eigenvalue weighted by atomic mass is 10.2. The van der Waals surface area contributed by atoms with E-state index in [1.165, 1.54) is 11.8 Å². The summed E-state index contributed by atoms with van der Waals surface area (Å²) in [6.45, 7) is 3.67. The molecule has 0 saturated carbocycles. The molecule has 0 fully saturated rings. The van der Waals surface area contributed by atoms with Crippen molar-refractivity contribution < 1.29 is 0 Å². The Morgan fingerprint density at radius 2 is 2.08 bits per heavy atom. The van der Waals surface area contributed by atoms with Crippen molar-refractivity contribution in [2.24, 2.45) is 0 Å². The number of fused-ring (bicyclic) bond motifs is 1. The topological polar surface area (TPSA) is 25.8 Å². The molecule has 1 heterocycles. The molecule has 0 spiro atoms. The quantitative estimate of drug-likeness (QED) is 0.535. The van der Waals surface area contributed by atoms with Crippen molar-refractivity contribution in [1.82, 2.24) is 9.97 Å². The molecule has 0 saturated heterocycles. The van der Waals surface area contributed by atoms with Gasteiger partial charge in [0, 0.05) is 5.39 Å². The minimum Gasteiger partial charge on any atom is -0.236 e. The first-order chi connectivity index (χ1) is 6.42. The van der Waals surface area contributed by atoms with Crippen molar-refractivity contribution in [3.05, 3.63) is 42.6 Å². The van der Waals surface area contributed by atoms with E-state index in [0.29, 0.717) is 0 Å². The van der Waals surface area contributed by atoms with Crippen molar-refractivity contribution in [3.8, 4) is 0 Å². The summed E-state index contributed by atoms with van der Waals surface area (Å²) in [5, 5.41) is 3.81. The summed E-state index contributed by atoms with van der Waals surface area (Å²) >= 11 is 1.52. The van der Waals surface area contributed by atoms with Gasteiger partial charge in [0.25, 0.3) is 0 Å². The van der Waals surface area contributed by atoms with Crippen LogP contribution in [0.3, 0.4) is 0 Å². The SMILES string of the molecule is C=CSc1ncnc2ccccc12. The molecular weight excluding hydrogens is 180 g/mol. The lowest BCUT2D eigenvalue weighted by Gasteiger charge is -1.99. The number of hydrogen-bond donors (Lipinski definition) is 0. The molecule has 0 aliphatic carbocycles. The first-order valence-electron chi connectivity index (χ1n) is 3.89. The zero-order valence-electron chi connectivity index (χ0n) is 6.97. The Hall–Kier alpha value is -1.35. The molecule has 0 radical (unpaired) electrons. The van der Waals surface area contributed by atoms with E-state index in [2.05, 4.69) is 16.5 Å². The maximum Gasteiger partial charge on any atom is 0.117 e. The Kier molecular flexibility index (Phi) is 2.27. The summed E-state index contributed by atoms with van der Waals surface area (Å²) in [7, 11) is 0. The van der Waals surface area contributed by atoms with E-state index in [-0.39, 0.29) is 0 Å². The predicted molar refractivity (Wildman–Crippen MR) is 55.6 cm³/mol. The van der Waals surface area contributed by atoms with Crippen molar-refractivity contribution in [1.29, 1.82) is 0 Å². The first-order valence-corrected chi connectivity index (χ1v) is 4.77. The number of benzene rings is 1. The molecule has 2 aromatic rings. The van der Waals surface area contributed by atoms with E-state index in [9.17, 15) is 0 Å². The highest BCUT2D eigenvalue weighted by atomic mass is 32.2. The molecule has 3 heteroatoms. The fraction of sp³-hybridized carbons (Fsp3) is 0. The maximum atomic E-state index is 4.18. The second-order valence-corrected chi connectivity index (χ2v) is 3.44. The molecule has 0 atom stereocenters. The van der Waals surface area contributed by atoms with Crippen LogP contribution in [-0.4, -0.2) is 9.97 Å². The van der Waals surface area contributed by atoms with Gasteiger partial charge in [-0.25, -0.2) is 9.97 Å². The van der Waals surface area contributed by atoms with Gasteiger partial charge in [0.05, 0.1) is 5.52 Å². The average molecular weight is 188 g/mol. The van der Waals surface area contributed by atoms with Gasteiger partial charge in [0.15, 0.2) is 0 Å². The summed E-state index contributed by atoms with van der Waals surface area (Å²) in [5.41, 5.74) is 0.974. The van der Waals surface area contributed by atoms with Crippen LogP contribution in [0.4, 0.5) is 0 Å². The Morgan fingerprint density at radius 1 is 1.23 bits per heavy atom. The number of thioether (sulfide) groups is 1. The molecule has 2 rings (SSSR count). The molecular formula is C10H8N2S. The minimum atomic E-state index is 0.959. The average Bonchev–Trinajstić information content (AvgIpc) is 2.19. The zero-order chi connectivity index (χ0) is 9.10. The third-order valence-corrected chi connectivity index (χ3v) is 2.42. The van der Waals surface area contributed by atoms with Crippen molar-refractivity contribution in [3.63, 3.8) is 0 Å². The van der Waals surface area contributed by atoms with Crippen LogP contribution in [-0.2, 0) is 0 Å². The fourth-order valence-electron chi connectivity index (χ4n) is 1.15. The van der Waals surface area contributed by atoms with Gasteiger partial charge in [0.1, 0.15) is 11.4 Å². The van der Waals surface area contributed by atoms with E-state index in [0.717, 1.165) is 15.9 Å². The Bertz CT molecular complexity index is 434. The summed E-state index contributed by atoms with van der Waals surface area (Å²) in [5.74, 6) is 0. The normalized spacial score (nSPS) is 10.2. The molecule has 1 aromatic carbocycles. The molecule has 2 nitrogen and oxygen atoms in total. The smallest absolute Gasteiger partial charge is 0.117 e. The van der Waals surface area contributed by atoms with Gasteiger partial charge in [-0.15, -0.1) is 0 Å². The molecule has 1 aromatic heterocycles. The number of para-hydroxylation sites is 1. The monoisotopic (exact) mass is 188 g/mol. The van der Waals surface area contributed by atoms with E-state index in [4.69, 9.17) is 0 Å². The van der Waals surface area contributed by atoms with Crippen molar-refractivity contribution >= 4 is 22.7 Å². The minimum absolute atomic E-state index is 0.959. The van der Waals surface area contributed by atoms with Gasteiger partial charge in [0.2, 0.25) is 0 Å². The fourth-order valence-corrected chi connectivity index (χ4v) is 1.72. The predicted octanol–water partition coefficient (Wildman–Crippen LogP) is 2.87. The molecule has 0 aliphatic heterocycles. The maximum absolute atomic E-state index is 4.18. The van der Waals surface area contributed by atoms with Crippen LogP contribution in [0.1, 0.15) is 0 Å². The summed E-state index contributed by atoms with van der Waals surface area (Å²) in [4.78, 5) is 8.34. The number of hydrogen-bond acceptors (Lipinski definition) is 3. The van der Waals surface area contributed by atoms with E-state index in [1.54, 1.807) is 11.7 Å². The summed E-state index contributed by atoms with van der Waals surface area (Å²) < 4.78 is 0. The molecule has 0 bridgehead atoms. The summed E-state index contributed by atoms with van der Waals surface area (Å²) in [6.07, 6.45) is 1.58. The van der Waals surface area contributed by atoms with Crippen molar-refractivity contribution in [2.45, 2.75) is 5.03 Å². The van der Waals surface area contributed by atoms with Gasteiger partial charge >= 0.3 is 0 Å². The first kappa shape index (κ1) is 8.26. The summed E-state index contributed by atoms with van der Waals surface area (Å²) in [6, 6.07) is 7.95. The van der Waals surface area contributed by atoms with Gasteiger partial charge in [-0.3, -0.25) is 0 Å². The van der Waals surface area contributed by atoms with Crippen molar-refractivity contribution in [2.75, 3.05) is 0 Å². The van der Waals surface area contributed by atoms with Gasteiger partial charge < -0.3 is 0 Å². The van der Waals surface area contributed by atoms with E-state index in [1.807, 2.05) is 24.3 Å². The van der Waals surface area contributed by atoms with Crippen LogP contribution in [0.25, 0.3) is 10.9 Å². The Labute approximate surface area is 80.7 Å². The number of rotatable bonds is 2. The van der Waals surface area contributed by atoms with Gasteiger partial charge in [-0.2, -0.15) is 0 Å².